The van der Waals surface area contributed by atoms with Crippen LogP contribution in [-0.4, -0.2) is 12.1 Å². The fraction of sp³-hybridized carbons (Fsp3) is 0.115. The highest BCUT2D eigenvalue weighted by Gasteiger charge is 2.21. The zero-order valence-electron chi connectivity index (χ0n) is 16.7. The molecule has 0 saturated heterocycles. The number of aryl methyl sites for hydroxylation is 1. The lowest BCUT2D eigenvalue weighted by Gasteiger charge is -2.18. The van der Waals surface area contributed by atoms with Crippen molar-refractivity contribution >= 4 is 5.69 Å². The zero-order chi connectivity index (χ0) is 20.1. The molecular weight excluding hydrogens is 356 g/mol. The molecule has 3 nitrogen and oxygen atoms in total. The van der Waals surface area contributed by atoms with Gasteiger partial charge >= 0.3 is 0 Å². The number of ether oxygens (including phenoxy) is 1. The van der Waals surface area contributed by atoms with Crippen LogP contribution in [0.1, 0.15) is 22.9 Å². The largest absolute Gasteiger partial charge is 0.497 e. The van der Waals surface area contributed by atoms with Crippen molar-refractivity contribution in [3.8, 4) is 17.0 Å². The molecule has 3 heteroatoms. The Morgan fingerprint density at radius 2 is 1.52 bits per heavy atom. The van der Waals surface area contributed by atoms with E-state index in [0.29, 0.717) is 0 Å². The molecule has 0 aliphatic heterocycles. The molecule has 0 fully saturated rings. The Labute approximate surface area is 172 Å². The summed E-state index contributed by atoms with van der Waals surface area (Å²) in [6, 6.07) is 33.4. The summed E-state index contributed by atoms with van der Waals surface area (Å²) in [7, 11) is 1.70. The third kappa shape index (κ3) is 4.36. The SMILES string of the molecule is COc1ccc([NH2+]C(c2ccccc2)c2cccc(-c3ccccc3)n2)c(C)c1. The van der Waals surface area contributed by atoms with Gasteiger partial charge in [0.05, 0.1) is 12.8 Å². The minimum atomic E-state index is 0.0620. The second-order valence-corrected chi connectivity index (χ2v) is 7.09. The molecule has 2 N–H and O–H groups in total. The van der Waals surface area contributed by atoms with E-state index in [4.69, 9.17) is 9.72 Å². The van der Waals surface area contributed by atoms with Crippen LogP contribution in [0.15, 0.2) is 97.1 Å². The molecule has 0 aliphatic carbocycles. The fourth-order valence-corrected chi connectivity index (χ4v) is 3.55. The van der Waals surface area contributed by atoms with E-state index in [-0.39, 0.29) is 6.04 Å². The van der Waals surface area contributed by atoms with Gasteiger partial charge in [0.15, 0.2) is 6.04 Å². The van der Waals surface area contributed by atoms with Gasteiger partial charge < -0.3 is 10.1 Å². The van der Waals surface area contributed by atoms with Crippen molar-refractivity contribution in [3.63, 3.8) is 0 Å². The lowest BCUT2D eigenvalue weighted by atomic mass is 10.0. The second-order valence-electron chi connectivity index (χ2n) is 7.09. The maximum absolute atomic E-state index is 5.36. The molecule has 4 rings (SSSR count). The van der Waals surface area contributed by atoms with Gasteiger partial charge in [-0.05, 0) is 31.2 Å². The molecule has 0 spiro atoms. The summed E-state index contributed by atoms with van der Waals surface area (Å²) in [5.41, 5.74) is 6.75. The summed E-state index contributed by atoms with van der Waals surface area (Å²) in [5.74, 6) is 0.875. The van der Waals surface area contributed by atoms with Crippen LogP contribution in [0.2, 0.25) is 0 Å². The Hall–Kier alpha value is -3.43. The molecule has 1 heterocycles. The Balaban J connectivity index is 1.74. The maximum atomic E-state index is 5.36. The van der Waals surface area contributed by atoms with E-state index in [1.807, 2.05) is 30.3 Å². The first kappa shape index (κ1) is 18.9. The third-order valence-corrected chi connectivity index (χ3v) is 5.14. The normalized spacial score (nSPS) is 11.8. The van der Waals surface area contributed by atoms with Gasteiger partial charge in [-0.15, -0.1) is 0 Å². The van der Waals surface area contributed by atoms with Crippen LogP contribution in [0.3, 0.4) is 0 Å². The number of nitrogens with two attached hydrogens (primary N) is 1. The molecule has 0 radical (unpaired) electrons. The van der Waals surface area contributed by atoms with Crippen LogP contribution < -0.4 is 10.1 Å². The van der Waals surface area contributed by atoms with Gasteiger partial charge in [0.2, 0.25) is 0 Å². The monoisotopic (exact) mass is 381 g/mol. The fourth-order valence-electron chi connectivity index (χ4n) is 3.55. The van der Waals surface area contributed by atoms with Gasteiger partial charge in [-0.2, -0.15) is 0 Å². The number of hydrogen-bond acceptors (Lipinski definition) is 2. The molecule has 4 aromatic rings. The quantitative estimate of drug-likeness (QED) is 0.475. The molecule has 0 bridgehead atoms. The van der Waals surface area contributed by atoms with Crippen molar-refractivity contribution < 1.29 is 10.1 Å². The van der Waals surface area contributed by atoms with E-state index in [2.05, 4.69) is 79.0 Å². The van der Waals surface area contributed by atoms with Crippen molar-refractivity contribution in [2.24, 2.45) is 0 Å². The highest BCUT2D eigenvalue weighted by Crippen LogP contribution is 2.24. The number of pyridine rings is 1. The van der Waals surface area contributed by atoms with E-state index in [0.717, 1.165) is 22.7 Å². The lowest BCUT2D eigenvalue weighted by molar-refractivity contribution is -0.608. The first-order chi connectivity index (χ1) is 14.2. The summed E-state index contributed by atoms with van der Waals surface area (Å²) in [6.45, 7) is 2.12. The van der Waals surface area contributed by atoms with E-state index in [1.165, 1.54) is 16.8 Å². The average molecular weight is 381 g/mol. The second kappa shape index (κ2) is 8.72. The Morgan fingerprint density at radius 1 is 0.793 bits per heavy atom. The van der Waals surface area contributed by atoms with E-state index < -0.39 is 0 Å². The molecule has 0 aliphatic rings. The van der Waals surface area contributed by atoms with Gasteiger partial charge in [-0.1, -0.05) is 66.7 Å². The molecular formula is C26H25N2O+. The van der Waals surface area contributed by atoms with Gasteiger partial charge in [-0.3, -0.25) is 0 Å². The summed E-state index contributed by atoms with van der Waals surface area (Å²) in [5, 5.41) is 2.29. The molecule has 29 heavy (non-hydrogen) atoms. The first-order valence-corrected chi connectivity index (χ1v) is 9.81. The number of rotatable bonds is 6. The predicted octanol–water partition coefficient (Wildman–Crippen LogP) is 5.05. The van der Waals surface area contributed by atoms with Crippen molar-refractivity contribution in [1.29, 1.82) is 0 Å². The number of hydrogen-bond donors (Lipinski definition) is 1. The van der Waals surface area contributed by atoms with Crippen LogP contribution in [0.25, 0.3) is 11.3 Å². The predicted molar refractivity (Wildman–Crippen MR) is 117 cm³/mol. The molecule has 1 aromatic heterocycles. The molecule has 1 atom stereocenters. The molecule has 144 valence electrons. The third-order valence-electron chi connectivity index (χ3n) is 5.14. The Bertz CT molecular complexity index is 1080. The number of aromatic nitrogens is 1. The average Bonchev–Trinajstić information content (AvgIpc) is 2.79. The lowest BCUT2D eigenvalue weighted by Crippen LogP contribution is -2.80. The van der Waals surface area contributed by atoms with Gasteiger partial charge in [0, 0.05) is 22.8 Å². The maximum Gasteiger partial charge on any atom is 0.159 e. The van der Waals surface area contributed by atoms with Crippen molar-refractivity contribution in [2.75, 3.05) is 7.11 Å². The van der Waals surface area contributed by atoms with Crippen LogP contribution in [0.4, 0.5) is 5.69 Å². The number of nitrogens with zero attached hydrogens (tertiary/aromatic N) is 1. The van der Waals surface area contributed by atoms with Gasteiger partial charge in [0.25, 0.3) is 0 Å². The molecule has 3 aromatic carbocycles. The van der Waals surface area contributed by atoms with E-state index in [9.17, 15) is 0 Å². The molecule has 1 unspecified atom stereocenters. The number of benzene rings is 3. The summed E-state index contributed by atoms with van der Waals surface area (Å²) >= 11 is 0. The van der Waals surface area contributed by atoms with E-state index >= 15 is 0 Å². The Morgan fingerprint density at radius 3 is 2.21 bits per heavy atom. The van der Waals surface area contributed by atoms with E-state index in [1.54, 1.807) is 7.11 Å². The highest BCUT2D eigenvalue weighted by atomic mass is 16.5. The zero-order valence-corrected chi connectivity index (χ0v) is 16.7. The Kier molecular flexibility index (Phi) is 5.68. The standard InChI is InChI=1S/C26H24N2O/c1-19-18-22(29-2)16-17-23(19)28-26(21-12-7-4-8-13-21)25-15-9-14-24(27-25)20-10-5-3-6-11-20/h3-18,26,28H,1-2H3/p+1. The van der Waals surface area contributed by atoms with Crippen LogP contribution in [0, 0.1) is 6.92 Å². The first-order valence-electron chi connectivity index (χ1n) is 9.81. The molecule has 0 saturated carbocycles. The van der Waals surface area contributed by atoms with Crippen LogP contribution in [0.5, 0.6) is 5.75 Å². The summed E-state index contributed by atoms with van der Waals surface area (Å²) in [4.78, 5) is 5.02. The number of quaternary nitrogens is 1. The van der Waals surface area contributed by atoms with Gasteiger partial charge in [-0.25, -0.2) is 4.98 Å². The van der Waals surface area contributed by atoms with Crippen LogP contribution in [-0.2, 0) is 0 Å². The summed E-state index contributed by atoms with van der Waals surface area (Å²) in [6.07, 6.45) is 0. The number of methoxy groups -OCH3 is 1. The molecule has 0 amide bonds. The summed E-state index contributed by atoms with van der Waals surface area (Å²) < 4.78 is 5.36. The van der Waals surface area contributed by atoms with Gasteiger partial charge in [0.1, 0.15) is 17.1 Å². The van der Waals surface area contributed by atoms with Crippen LogP contribution >= 0.6 is 0 Å². The van der Waals surface area contributed by atoms with Crippen molar-refractivity contribution in [2.45, 2.75) is 13.0 Å². The minimum absolute atomic E-state index is 0.0620. The van der Waals surface area contributed by atoms with Crippen molar-refractivity contribution in [3.05, 3.63) is 114 Å². The topological polar surface area (TPSA) is 38.7 Å². The minimum Gasteiger partial charge on any atom is -0.497 e. The van der Waals surface area contributed by atoms with Crippen molar-refractivity contribution in [1.82, 2.24) is 4.98 Å². The highest BCUT2D eigenvalue weighted by molar-refractivity contribution is 5.59. The smallest absolute Gasteiger partial charge is 0.159 e.